The number of hydrogen-bond donors (Lipinski definition) is 1. The molecule has 0 aliphatic carbocycles. The Labute approximate surface area is 271 Å². The summed E-state index contributed by atoms with van der Waals surface area (Å²) in [5, 5.41) is 18.1. The van der Waals surface area contributed by atoms with Gasteiger partial charge in [-0.05, 0) is 47.5 Å². The molecule has 7 rings (SSSR count). The van der Waals surface area contributed by atoms with Crippen LogP contribution in [0.2, 0.25) is 0 Å². The van der Waals surface area contributed by atoms with E-state index in [1.54, 1.807) is 61.3 Å². The van der Waals surface area contributed by atoms with Gasteiger partial charge >= 0.3 is 5.97 Å². The number of pyridine rings is 2. The number of carboxylic acid groups (broad SMARTS) is 1. The summed E-state index contributed by atoms with van der Waals surface area (Å²) < 4.78 is 3.79. The Balaban J connectivity index is 0.000000177. The molecular formula is C38H30N6O3. The summed E-state index contributed by atoms with van der Waals surface area (Å²) in [4.78, 5) is 34.1. The average molecular weight is 619 g/mol. The molecule has 7 aromatic rings. The summed E-state index contributed by atoms with van der Waals surface area (Å²) >= 11 is 0. The number of hydrogen-bond acceptors (Lipinski definition) is 5. The lowest BCUT2D eigenvalue weighted by molar-refractivity contribution is -0.136. The molecular weight excluding hydrogens is 588 g/mol. The highest BCUT2D eigenvalue weighted by atomic mass is 16.4. The number of carboxylic acids is 1. The quantitative estimate of drug-likeness (QED) is 0.212. The van der Waals surface area contributed by atoms with Gasteiger partial charge in [0.2, 0.25) is 5.91 Å². The van der Waals surface area contributed by atoms with Crippen molar-refractivity contribution in [3.05, 3.63) is 151 Å². The van der Waals surface area contributed by atoms with Gasteiger partial charge in [0.1, 0.15) is 0 Å². The maximum Gasteiger partial charge on any atom is 0.309 e. The highest BCUT2D eigenvalue weighted by molar-refractivity contribution is 5.95. The molecule has 0 radical (unpaired) electrons. The lowest BCUT2D eigenvalue weighted by atomic mass is 10.0. The summed E-state index contributed by atoms with van der Waals surface area (Å²) in [7, 11) is 1.75. The van der Waals surface area contributed by atoms with Gasteiger partial charge in [0.15, 0.2) is 0 Å². The third kappa shape index (κ3) is 6.62. The summed E-state index contributed by atoms with van der Waals surface area (Å²) in [6, 6.07) is 36.8. The Kier molecular flexibility index (Phi) is 8.84. The van der Waals surface area contributed by atoms with Gasteiger partial charge in [0, 0.05) is 35.2 Å². The van der Waals surface area contributed by atoms with Crippen molar-refractivity contribution in [1.82, 2.24) is 18.8 Å². The number of anilines is 1. The molecule has 0 saturated carbocycles. The summed E-state index contributed by atoms with van der Waals surface area (Å²) in [5.41, 5.74) is 8.81. The van der Waals surface area contributed by atoms with Crippen molar-refractivity contribution in [2.45, 2.75) is 12.8 Å². The first kappa shape index (κ1) is 30.5. The minimum Gasteiger partial charge on any atom is -0.481 e. The smallest absolute Gasteiger partial charge is 0.309 e. The zero-order valence-electron chi connectivity index (χ0n) is 25.6. The highest BCUT2D eigenvalue weighted by Gasteiger charge is 2.18. The highest BCUT2D eigenvalue weighted by Crippen LogP contribution is 2.27. The second kappa shape index (κ2) is 13.6. The van der Waals surface area contributed by atoms with E-state index in [-0.39, 0.29) is 18.7 Å². The number of fused-ring (bicyclic) bond motifs is 2. The number of aromatic nitrogens is 4. The molecule has 1 amide bonds. The Bertz CT molecular complexity index is 2220. The Morgan fingerprint density at radius 3 is 1.66 bits per heavy atom. The molecule has 0 saturated heterocycles. The number of rotatable bonds is 7. The number of nitriles is 1. The van der Waals surface area contributed by atoms with E-state index in [1.807, 2.05) is 93.7 Å². The number of carbonyl (C=O) groups is 2. The van der Waals surface area contributed by atoms with Crippen LogP contribution in [0.15, 0.2) is 134 Å². The third-order valence-electron chi connectivity index (χ3n) is 7.94. The van der Waals surface area contributed by atoms with Crippen molar-refractivity contribution in [1.29, 1.82) is 5.26 Å². The van der Waals surface area contributed by atoms with Crippen LogP contribution in [-0.4, -0.2) is 42.8 Å². The maximum atomic E-state index is 13.0. The Morgan fingerprint density at radius 2 is 1.19 bits per heavy atom. The standard InChI is InChI=1S/C23H18N4O.C15H12N2O2/c1-26(19-9-7-17(14-24)8-10-19)23(28)13-22-21(18-5-3-2-4-6-18)12-11-20-15-25-16-27(20)22;18-15(19)8-14-13(11-4-2-1-3-5-11)7-6-12-9-16-10-17(12)14/h2-12,15-16H,13H2,1H3;1-7,9-10H,8H2,(H,18,19). The topological polar surface area (TPSA) is 116 Å². The molecule has 0 aliphatic heterocycles. The van der Waals surface area contributed by atoms with Crippen molar-refractivity contribution >= 4 is 28.6 Å². The van der Waals surface area contributed by atoms with Crippen LogP contribution in [0, 0.1) is 11.3 Å². The fourth-order valence-corrected chi connectivity index (χ4v) is 5.53. The van der Waals surface area contributed by atoms with Gasteiger partial charge in [0.25, 0.3) is 0 Å². The number of aliphatic carboxylic acids is 1. The molecule has 0 spiro atoms. The van der Waals surface area contributed by atoms with Gasteiger partial charge in [-0.25, -0.2) is 9.97 Å². The molecule has 4 heterocycles. The van der Waals surface area contributed by atoms with E-state index in [2.05, 4.69) is 16.0 Å². The second-order valence-corrected chi connectivity index (χ2v) is 10.9. The molecule has 1 N–H and O–H groups in total. The first-order valence-electron chi connectivity index (χ1n) is 14.9. The van der Waals surface area contributed by atoms with Gasteiger partial charge in [-0.2, -0.15) is 5.26 Å². The largest absolute Gasteiger partial charge is 0.481 e. The SMILES string of the molecule is CN(C(=O)Cc1c(-c2ccccc2)ccc2cncn12)c1ccc(C#N)cc1.O=C(O)Cc1c(-c2ccccc2)ccc2cncn12. The molecule has 0 unspecified atom stereocenters. The monoisotopic (exact) mass is 618 g/mol. The van der Waals surface area contributed by atoms with E-state index in [0.29, 0.717) is 5.56 Å². The van der Waals surface area contributed by atoms with E-state index in [9.17, 15) is 9.59 Å². The lowest BCUT2D eigenvalue weighted by Crippen LogP contribution is -2.28. The molecule has 0 atom stereocenters. The number of carbonyl (C=O) groups excluding carboxylic acids is 1. The van der Waals surface area contributed by atoms with Crippen LogP contribution < -0.4 is 4.90 Å². The van der Waals surface area contributed by atoms with Crippen molar-refractivity contribution in [3.8, 4) is 28.3 Å². The van der Waals surface area contributed by atoms with Crippen LogP contribution in [0.1, 0.15) is 17.0 Å². The van der Waals surface area contributed by atoms with Crippen LogP contribution >= 0.6 is 0 Å². The normalized spacial score (nSPS) is 10.6. The number of benzene rings is 3. The van der Waals surface area contributed by atoms with Crippen LogP contribution in [-0.2, 0) is 22.4 Å². The molecule has 3 aromatic carbocycles. The predicted molar refractivity (Wildman–Crippen MR) is 181 cm³/mol. The van der Waals surface area contributed by atoms with E-state index in [1.165, 1.54) is 0 Å². The van der Waals surface area contributed by atoms with Gasteiger partial charge in [0.05, 0.1) is 60.6 Å². The van der Waals surface area contributed by atoms with Crippen LogP contribution in [0.25, 0.3) is 33.3 Å². The van der Waals surface area contributed by atoms with E-state index in [0.717, 1.165) is 50.4 Å². The van der Waals surface area contributed by atoms with E-state index < -0.39 is 5.97 Å². The average Bonchev–Trinajstić information content (AvgIpc) is 3.80. The molecule has 0 fully saturated rings. The number of imidazole rings is 2. The first-order valence-corrected chi connectivity index (χ1v) is 14.9. The summed E-state index contributed by atoms with van der Waals surface area (Å²) in [6.07, 6.45) is 7.10. The molecule has 0 bridgehead atoms. The van der Waals surface area contributed by atoms with Crippen molar-refractivity contribution < 1.29 is 14.7 Å². The first-order chi connectivity index (χ1) is 22.9. The molecule has 9 nitrogen and oxygen atoms in total. The zero-order valence-corrected chi connectivity index (χ0v) is 25.6. The predicted octanol–water partition coefficient (Wildman–Crippen LogP) is 6.71. The minimum absolute atomic E-state index is 0.0298. The molecule has 230 valence electrons. The minimum atomic E-state index is -0.849. The van der Waals surface area contributed by atoms with Crippen molar-refractivity contribution in [2.75, 3.05) is 11.9 Å². The number of likely N-dealkylation sites (N-methyl/N-ethyl adjacent to an activating group) is 1. The zero-order chi connectivity index (χ0) is 32.8. The molecule has 4 aromatic heterocycles. The molecule has 9 heteroatoms. The third-order valence-corrected chi connectivity index (χ3v) is 7.94. The van der Waals surface area contributed by atoms with Gasteiger partial charge < -0.3 is 18.8 Å². The van der Waals surface area contributed by atoms with Crippen molar-refractivity contribution in [3.63, 3.8) is 0 Å². The van der Waals surface area contributed by atoms with Crippen LogP contribution in [0.3, 0.4) is 0 Å². The van der Waals surface area contributed by atoms with Gasteiger partial charge in [-0.15, -0.1) is 0 Å². The second-order valence-electron chi connectivity index (χ2n) is 10.9. The van der Waals surface area contributed by atoms with Crippen LogP contribution in [0.4, 0.5) is 5.69 Å². The fraction of sp³-hybridized carbons (Fsp3) is 0.0789. The van der Waals surface area contributed by atoms with E-state index in [4.69, 9.17) is 10.4 Å². The van der Waals surface area contributed by atoms with E-state index >= 15 is 0 Å². The van der Waals surface area contributed by atoms with Crippen molar-refractivity contribution in [2.24, 2.45) is 0 Å². The molecule has 47 heavy (non-hydrogen) atoms. The Morgan fingerprint density at radius 1 is 0.702 bits per heavy atom. The summed E-state index contributed by atoms with van der Waals surface area (Å²) in [5.74, 6) is -0.888. The molecule has 0 aliphatic rings. The lowest BCUT2D eigenvalue weighted by Gasteiger charge is -2.19. The summed E-state index contributed by atoms with van der Waals surface area (Å²) in [6.45, 7) is 0. The number of amides is 1. The fourth-order valence-electron chi connectivity index (χ4n) is 5.53. The van der Waals surface area contributed by atoms with Gasteiger partial charge in [-0.1, -0.05) is 72.8 Å². The van der Waals surface area contributed by atoms with Crippen LogP contribution in [0.5, 0.6) is 0 Å². The maximum absolute atomic E-state index is 13.0. The Hall–Kier alpha value is -6.53. The van der Waals surface area contributed by atoms with Gasteiger partial charge in [-0.3, -0.25) is 9.59 Å². The number of nitrogens with zero attached hydrogens (tertiary/aromatic N) is 6.